The van der Waals surface area contributed by atoms with Gasteiger partial charge in [0.15, 0.2) is 0 Å². The lowest BCUT2D eigenvalue weighted by atomic mass is 9.70. The van der Waals surface area contributed by atoms with Crippen molar-refractivity contribution in [2.24, 2.45) is 0 Å². The Morgan fingerprint density at radius 2 is 0.679 bits per heavy atom. The van der Waals surface area contributed by atoms with Crippen molar-refractivity contribution in [3.8, 4) is 77.9 Å². The maximum absolute atomic E-state index is 7.26. The van der Waals surface area contributed by atoms with Crippen LogP contribution in [-0.2, 0) is 27.1 Å². The molecule has 0 amide bonds. The van der Waals surface area contributed by atoms with E-state index in [9.17, 15) is 0 Å². The molecule has 0 bridgehead atoms. The van der Waals surface area contributed by atoms with Crippen LogP contribution < -0.4 is 4.90 Å². The fourth-order valence-electron chi connectivity index (χ4n) is 21.6. The second-order valence-electron chi connectivity index (χ2n) is 34.9. The topological polar surface area (TPSA) is 42.7 Å². The largest absolute Gasteiger partial charge is 0.456 e. The highest BCUT2D eigenvalue weighted by molar-refractivity contribution is 6.20. The third-order valence-electron chi connectivity index (χ3n) is 27.4. The molecule has 0 fully saturated rings. The zero-order chi connectivity index (χ0) is 73.8. The molecule has 4 nitrogen and oxygen atoms in total. The number of fused-ring (bicyclic) bond motifs is 26. The average Bonchev–Trinajstić information content (AvgIpc) is 1.54. The normalized spacial score (nSPS) is 15.7. The lowest BCUT2D eigenvalue weighted by Gasteiger charge is -2.33. The molecule has 0 atom stereocenters. The van der Waals surface area contributed by atoms with Crippen LogP contribution in [0, 0.1) is 0 Å². The molecule has 0 spiro atoms. The maximum atomic E-state index is 7.26. The molecule has 3 heterocycles. The first kappa shape index (κ1) is 66.3. The molecule has 0 saturated carbocycles. The van der Waals surface area contributed by atoms with Crippen molar-refractivity contribution in [3.63, 3.8) is 0 Å². The summed E-state index contributed by atoms with van der Waals surface area (Å²) in [5.74, 6) is 0. The van der Waals surface area contributed by atoms with Gasteiger partial charge in [-0.05, 0) is 244 Å². The molecule has 4 heteroatoms. The van der Waals surface area contributed by atoms with Gasteiger partial charge in [-0.3, -0.25) is 0 Å². The van der Waals surface area contributed by atoms with Crippen LogP contribution in [0.1, 0.15) is 202 Å². The van der Waals surface area contributed by atoms with E-state index in [-0.39, 0.29) is 21.7 Å². The van der Waals surface area contributed by atoms with Crippen LogP contribution in [0.4, 0.5) is 17.1 Å². The Bertz CT molecular complexity index is 6530. The van der Waals surface area contributed by atoms with E-state index in [4.69, 9.17) is 13.3 Å². The van der Waals surface area contributed by atoms with Crippen LogP contribution in [0.5, 0.6) is 0 Å². The van der Waals surface area contributed by atoms with Crippen molar-refractivity contribution in [3.05, 3.63) is 292 Å². The standard InChI is InChI=1S/C105H93NO3/c1-11-13-15-17-27-51-105(52-28-18-16-14-12-2)81-33-23-19-29-68(81)71-44-38-63(54-89(71)105)62-37-43-69-70-45-39-64(55-84(70)102(5,6)83(69)53-62)77-59-90-96(99-76-32-22-26-36-93(76)109-100(77)99)74-47-41-67(58-86(74)104(90,9)10)106(65-42-49-94-79(56-65)73-30-20-24-34-91(73)107-94)66-40-46-72-78-60-88-80(61-87(78)103(7,8)85(72)57-66)97-82(101(88,3)4)48-50-95-98(97)75-31-21-25-35-92(75)108-95/h19-26,29-50,53-61H,11-18,27-28,51-52H2,1-10H3. The SMILES string of the molecule is CCCCCCCC1(CCCCCCC)c2ccccc2-c2ccc(-c3ccc4c(c3)C(C)(C)c3cc(-c5cc6c(c7c5oc5ccccc57)-c5ccc(N(c7ccc8c(c7)C(C)(C)c7cc9c(cc7-8)C(C)(C)c7ccc8oc%10ccccc%10c8c7-9)c7ccc8oc9ccccc9c8c7)cc5C6(C)C)ccc3-4)cc21. The van der Waals surface area contributed by atoms with Gasteiger partial charge in [-0.15, -0.1) is 0 Å². The summed E-state index contributed by atoms with van der Waals surface area (Å²) in [5, 5.41) is 6.91. The molecular formula is C105H93NO3. The van der Waals surface area contributed by atoms with Crippen LogP contribution >= 0.6 is 0 Å². The summed E-state index contributed by atoms with van der Waals surface area (Å²) in [7, 11) is 0. The monoisotopic (exact) mass is 1420 g/mol. The van der Waals surface area contributed by atoms with Crippen molar-refractivity contribution in [2.75, 3.05) is 4.90 Å². The number of furan rings is 3. The molecule has 0 unspecified atom stereocenters. The first-order valence-electron chi connectivity index (χ1n) is 40.6. The summed E-state index contributed by atoms with van der Waals surface area (Å²) in [6, 6.07) is 90.8. The van der Waals surface area contributed by atoms with Crippen molar-refractivity contribution in [1.29, 1.82) is 0 Å². The van der Waals surface area contributed by atoms with E-state index in [1.807, 2.05) is 0 Å². The van der Waals surface area contributed by atoms with Crippen LogP contribution in [0.25, 0.3) is 144 Å². The van der Waals surface area contributed by atoms with E-state index in [0.29, 0.717) is 0 Å². The molecule has 21 rings (SSSR count). The smallest absolute Gasteiger partial charge is 0.143 e. The number of unbranched alkanes of at least 4 members (excludes halogenated alkanes) is 8. The summed E-state index contributed by atoms with van der Waals surface area (Å²) in [6.45, 7) is 24.1. The summed E-state index contributed by atoms with van der Waals surface area (Å²) >= 11 is 0. The average molecular weight is 1420 g/mol. The van der Waals surface area contributed by atoms with Gasteiger partial charge in [0.1, 0.15) is 33.5 Å². The molecule has 5 aliphatic carbocycles. The fraction of sp³-hybridized carbons (Fsp3) is 0.257. The van der Waals surface area contributed by atoms with Crippen LogP contribution in [0.2, 0.25) is 0 Å². The van der Waals surface area contributed by atoms with Crippen LogP contribution in [0.3, 0.4) is 0 Å². The highest BCUT2D eigenvalue weighted by Gasteiger charge is 2.47. The number of rotatable bonds is 17. The van der Waals surface area contributed by atoms with E-state index in [1.54, 1.807) is 11.1 Å². The van der Waals surface area contributed by atoms with Gasteiger partial charge in [-0.25, -0.2) is 0 Å². The predicted octanol–water partition coefficient (Wildman–Crippen LogP) is 30.4. The number of benzene rings is 13. The zero-order valence-electron chi connectivity index (χ0n) is 64.7. The summed E-state index contributed by atoms with van der Waals surface area (Å²) in [4.78, 5) is 2.51. The molecule has 0 saturated heterocycles. The molecule has 109 heavy (non-hydrogen) atoms. The second-order valence-corrected chi connectivity index (χ2v) is 34.9. The van der Waals surface area contributed by atoms with E-state index in [1.165, 1.54) is 210 Å². The lowest BCUT2D eigenvalue weighted by Crippen LogP contribution is -2.25. The molecule has 16 aromatic rings. The molecule has 0 radical (unpaired) electrons. The highest BCUT2D eigenvalue weighted by atomic mass is 16.3. The van der Waals surface area contributed by atoms with E-state index >= 15 is 0 Å². The Hall–Kier alpha value is -10.9. The first-order chi connectivity index (χ1) is 53.0. The van der Waals surface area contributed by atoms with Crippen molar-refractivity contribution in [1.82, 2.24) is 0 Å². The summed E-state index contributed by atoms with van der Waals surface area (Å²) in [5.41, 5.74) is 39.6. The van der Waals surface area contributed by atoms with Crippen LogP contribution in [0.15, 0.2) is 250 Å². The Morgan fingerprint density at radius 3 is 1.37 bits per heavy atom. The highest BCUT2D eigenvalue weighted by Crippen LogP contribution is 2.63. The summed E-state index contributed by atoms with van der Waals surface area (Å²) in [6.07, 6.45) is 15.4. The van der Waals surface area contributed by atoms with Gasteiger partial charge in [-0.2, -0.15) is 0 Å². The van der Waals surface area contributed by atoms with Gasteiger partial charge in [0.05, 0.1) is 0 Å². The van der Waals surface area contributed by atoms with Gasteiger partial charge in [0.2, 0.25) is 0 Å². The lowest BCUT2D eigenvalue weighted by molar-refractivity contribution is 0.399. The zero-order valence-corrected chi connectivity index (χ0v) is 64.7. The third kappa shape index (κ3) is 9.49. The Kier molecular flexibility index (Phi) is 14.6. The number of anilines is 3. The minimum atomic E-state index is -0.410. The third-order valence-corrected chi connectivity index (χ3v) is 27.4. The van der Waals surface area contributed by atoms with Gasteiger partial charge in [0, 0.05) is 82.0 Å². The van der Waals surface area contributed by atoms with Gasteiger partial charge in [0.25, 0.3) is 0 Å². The van der Waals surface area contributed by atoms with Crippen molar-refractivity contribution < 1.29 is 13.3 Å². The number of nitrogens with zero attached hydrogens (tertiary/aromatic N) is 1. The minimum Gasteiger partial charge on any atom is -0.456 e. The molecular weight excluding hydrogens is 1320 g/mol. The number of hydrogen-bond donors (Lipinski definition) is 0. The second kappa shape index (κ2) is 24.0. The Balaban J connectivity index is 0.659. The molecule has 536 valence electrons. The van der Waals surface area contributed by atoms with Gasteiger partial charge < -0.3 is 18.2 Å². The van der Waals surface area contributed by atoms with E-state index < -0.39 is 5.41 Å². The molecule has 3 aromatic heterocycles. The van der Waals surface area contributed by atoms with E-state index in [0.717, 1.165) is 72.3 Å². The van der Waals surface area contributed by atoms with Crippen molar-refractivity contribution >= 4 is 82.9 Å². The van der Waals surface area contributed by atoms with Gasteiger partial charge in [-0.1, -0.05) is 267 Å². The summed E-state index contributed by atoms with van der Waals surface area (Å²) < 4.78 is 20.4. The Morgan fingerprint density at radius 1 is 0.257 bits per heavy atom. The molecule has 5 aliphatic rings. The number of hydrogen-bond acceptors (Lipinski definition) is 4. The first-order valence-corrected chi connectivity index (χ1v) is 40.6. The Labute approximate surface area is 640 Å². The molecule has 0 aliphatic heterocycles. The fourth-order valence-corrected chi connectivity index (χ4v) is 21.6. The molecule has 0 N–H and O–H groups in total. The van der Waals surface area contributed by atoms with Gasteiger partial charge >= 0.3 is 0 Å². The predicted molar refractivity (Wildman–Crippen MR) is 457 cm³/mol. The van der Waals surface area contributed by atoms with Crippen LogP contribution in [-0.4, -0.2) is 0 Å². The maximum Gasteiger partial charge on any atom is 0.143 e. The van der Waals surface area contributed by atoms with Crippen molar-refractivity contribution in [2.45, 2.75) is 173 Å². The molecule has 13 aromatic carbocycles. The number of para-hydroxylation sites is 3. The minimum absolute atomic E-state index is 0.0266. The van der Waals surface area contributed by atoms with E-state index in [2.05, 4.69) is 311 Å². The quantitative estimate of drug-likeness (QED) is 0.0852.